The fraction of sp³-hybridized carbons (Fsp3) is 0.533. The standard InChI is InChI=1S/C15H19N3O3/c1-15(2,3)21-14(19)13(12-6-7-17-12)20-11-5-4-10(8-16)18-9-11/h4-5,9,12-13,17H,6-7H2,1-3H3/t12-,13?/m0/s1. The van der Waals surface area contributed by atoms with Gasteiger partial charge in [0.25, 0.3) is 0 Å². The predicted octanol–water partition coefficient (Wildman–Crippen LogP) is 1.40. The van der Waals surface area contributed by atoms with Gasteiger partial charge in [-0.2, -0.15) is 5.26 Å². The van der Waals surface area contributed by atoms with Crippen LogP contribution in [0.15, 0.2) is 18.3 Å². The zero-order valence-corrected chi connectivity index (χ0v) is 12.4. The monoisotopic (exact) mass is 289 g/mol. The second-order valence-electron chi connectivity index (χ2n) is 5.91. The van der Waals surface area contributed by atoms with Gasteiger partial charge in [0, 0.05) is 0 Å². The molecule has 1 unspecified atom stereocenters. The van der Waals surface area contributed by atoms with Crippen LogP contribution in [0.1, 0.15) is 32.9 Å². The smallest absolute Gasteiger partial charge is 0.349 e. The van der Waals surface area contributed by atoms with Crippen molar-refractivity contribution >= 4 is 5.97 Å². The van der Waals surface area contributed by atoms with Crippen molar-refractivity contribution in [2.75, 3.05) is 6.54 Å². The van der Waals surface area contributed by atoms with Gasteiger partial charge in [0.05, 0.1) is 12.2 Å². The summed E-state index contributed by atoms with van der Waals surface area (Å²) in [6, 6.07) is 5.05. The summed E-state index contributed by atoms with van der Waals surface area (Å²) in [4.78, 5) is 16.2. The molecule has 0 aromatic carbocycles. The van der Waals surface area contributed by atoms with Gasteiger partial charge in [0.15, 0.2) is 0 Å². The molecule has 6 nitrogen and oxygen atoms in total. The summed E-state index contributed by atoms with van der Waals surface area (Å²) in [5, 5.41) is 11.9. The van der Waals surface area contributed by atoms with Crippen LogP contribution in [0.5, 0.6) is 5.75 Å². The Morgan fingerprint density at radius 2 is 2.24 bits per heavy atom. The lowest BCUT2D eigenvalue weighted by Crippen LogP contribution is -2.57. The van der Waals surface area contributed by atoms with E-state index in [2.05, 4.69) is 10.3 Å². The summed E-state index contributed by atoms with van der Waals surface area (Å²) in [6.45, 7) is 6.32. The Kier molecular flexibility index (Phi) is 4.43. The zero-order valence-electron chi connectivity index (χ0n) is 12.4. The van der Waals surface area contributed by atoms with Crippen LogP contribution in [0.2, 0.25) is 0 Å². The van der Waals surface area contributed by atoms with Crippen molar-refractivity contribution in [3.05, 3.63) is 24.0 Å². The number of carbonyl (C=O) groups excluding carboxylic acids is 1. The minimum absolute atomic E-state index is 0.0597. The van der Waals surface area contributed by atoms with E-state index in [1.807, 2.05) is 26.8 Å². The largest absolute Gasteiger partial charge is 0.475 e. The SMILES string of the molecule is CC(C)(C)OC(=O)C(Oc1ccc(C#N)nc1)[C@@H]1CCN1. The van der Waals surface area contributed by atoms with E-state index in [1.54, 1.807) is 12.1 Å². The van der Waals surface area contributed by atoms with Crippen LogP contribution >= 0.6 is 0 Å². The molecule has 2 rings (SSSR count). The predicted molar refractivity (Wildman–Crippen MR) is 75.6 cm³/mol. The highest BCUT2D eigenvalue weighted by Crippen LogP contribution is 2.20. The quantitative estimate of drug-likeness (QED) is 0.844. The average Bonchev–Trinajstić information content (AvgIpc) is 2.34. The van der Waals surface area contributed by atoms with E-state index in [9.17, 15) is 4.79 Å². The first-order valence-electron chi connectivity index (χ1n) is 6.88. The normalized spacial score (nSPS) is 19.0. The summed E-state index contributed by atoms with van der Waals surface area (Å²) in [5.74, 6) is 0.0441. The fourth-order valence-electron chi connectivity index (χ4n) is 1.89. The molecular formula is C15H19N3O3. The molecule has 2 heterocycles. The number of rotatable bonds is 4. The van der Waals surface area contributed by atoms with Gasteiger partial charge in [-0.25, -0.2) is 9.78 Å². The summed E-state index contributed by atoms with van der Waals surface area (Å²) in [6.07, 6.45) is 1.58. The maximum Gasteiger partial charge on any atom is 0.349 e. The first-order valence-corrected chi connectivity index (χ1v) is 6.88. The molecule has 1 N–H and O–H groups in total. The van der Waals surface area contributed by atoms with E-state index in [1.165, 1.54) is 6.20 Å². The molecule has 2 atom stereocenters. The van der Waals surface area contributed by atoms with Crippen LogP contribution in [0.25, 0.3) is 0 Å². The lowest BCUT2D eigenvalue weighted by Gasteiger charge is -2.35. The molecular weight excluding hydrogens is 270 g/mol. The van der Waals surface area contributed by atoms with Crippen LogP contribution in [0, 0.1) is 11.3 Å². The summed E-state index contributed by atoms with van der Waals surface area (Å²) < 4.78 is 11.1. The number of esters is 1. The lowest BCUT2D eigenvalue weighted by molar-refractivity contribution is -0.165. The van der Waals surface area contributed by atoms with Gasteiger partial charge >= 0.3 is 5.97 Å². The molecule has 1 aromatic heterocycles. The van der Waals surface area contributed by atoms with Crippen LogP contribution < -0.4 is 10.1 Å². The summed E-state index contributed by atoms with van der Waals surface area (Å²) in [7, 11) is 0. The third-order valence-electron chi connectivity index (χ3n) is 2.98. The number of hydrogen-bond donors (Lipinski definition) is 1. The Labute approximate surface area is 124 Å². The summed E-state index contributed by atoms with van der Waals surface area (Å²) >= 11 is 0. The Morgan fingerprint density at radius 1 is 1.52 bits per heavy atom. The third-order valence-corrected chi connectivity index (χ3v) is 2.98. The van der Waals surface area contributed by atoms with Crippen molar-refractivity contribution in [1.29, 1.82) is 5.26 Å². The molecule has 0 bridgehead atoms. The fourth-order valence-corrected chi connectivity index (χ4v) is 1.89. The van der Waals surface area contributed by atoms with Crippen LogP contribution in [-0.4, -0.2) is 35.2 Å². The maximum atomic E-state index is 12.3. The average molecular weight is 289 g/mol. The zero-order chi connectivity index (χ0) is 15.5. The topological polar surface area (TPSA) is 84.2 Å². The molecule has 0 amide bonds. The van der Waals surface area contributed by atoms with E-state index >= 15 is 0 Å². The molecule has 0 aliphatic carbocycles. The molecule has 0 radical (unpaired) electrons. The maximum absolute atomic E-state index is 12.3. The minimum atomic E-state index is -0.715. The van der Waals surface area contributed by atoms with Crippen molar-refractivity contribution in [2.45, 2.75) is 44.9 Å². The summed E-state index contributed by atoms with van der Waals surface area (Å²) in [5.41, 5.74) is -0.260. The first-order chi connectivity index (χ1) is 9.89. The first kappa shape index (κ1) is 15.3. The molecule has 21 heavy (non-hydrogen) atoms. The van der Waals surface area contributed by atoms with E-state index in [0.717, 1.165) is 13.0 Å². The number of hydrogen-bond acceptors (Lipinski definition) is 6. The van der Waals surface area contributed by atoms with Gasteiger partial charge in [-0.05, 0) is 45.9 Å². The molecule has 1 aromatic rings. The minimum Gasteiger partial charge on any atom is -0.475 e. The second-order valence-corrected chi connectivity index (χ2v) is 5.91. The van der Waals surface area contributed by atoms with Gasteiger partial charge in [-0.3, -0.25) is 0 Å². The molecule has 112 valence electrons. The van der Waals surface area contributed by atoms with Gasteiger partial charge in [0.2, 0.25) is 6.10 Å². The van der Waals surface area contributed by atoms with Crippen LogP contribution in [-0.2, 0) is 9.53 Å². The highest BCUT2D eigenvalue weighted by molar-refractivity contribution is 5.76. The highest BCUT2D eigenvalue weighted by Gasteiger charge is 2.37. The Bertz CT molecular complexity index is 539. The molecule has 1 aliphatic heterocycles. The molecule has 0 spiro atoms. The number of carbonyl (C=O) groups is 1. The number of nitriles is 1. The van der Waals surface area contributed by atoms with Crippen molar-refractivity contribution < 1.29 is 14.3 Å². The Morgan fingerprint density at radius 3 is 2.67 bits per heavy atom. The molecule has 0 saturated carbocycles. The van der Waals surface area contributed by atoms with Gasteiger partial charge in [-0.1, -0.05) is 0 Å². The van der Waals surface area contributed by atoms with Crippen molar-refractivity contribution in [1.82, 2.24) is 10.3 Å². The molecule has 6 heteroatoms. The Hall–Kier alpha value is -2.13. The molecule has 1 saturated heterocycles. The number of nitrogens with zero attached hydrogens (tertiary/aromatic N) is 2. The highest BCUT2D eigenvalue weighted by atomic mass is 16.6. The van der Waals surface area contributed by atoms with E-state index in [4.69, 9.17) is 14.7 Å². The van der Waals surface area contributed by atoms with E-state index in [-0.39, 0.29) is 6.04 Å². The Balaban J connectivity index is 2.09. The van der Waals surface area contributed by atoms with Crippen molar-refractivity contribution in [3.63, 3.8) is 0 Å². The van der Waals surface area contributed by atoms with Gasteiger partial charge in [0.1, 0.15) is 23.1 Å². The number of aromatic nitrogens is 1. The van der Waals surface area contributed by atoms with Gasteiger partial charge < -0.3 is 14.8 Å². The van der Waals surface area contributed by atoms with Gasteiger partial charge in [-0.15, -0.1) is 0 Å². The lowest BCUT2D eigenvalue weighted by atomic mass is 10.0. The molecule has 1 aliphatic rings. The number of ether oxygens (including phenoxy) is 2. The van der Waals surface area contributed by atoms with Crippen molar-refractivity contribution in [3.8, 4) is 11.8 Å². The van der Waals surface area contributed by atoms with Crippen molar-refractivity contribution in [2.24, 2.45) is 0 Å². The number of pyridine rings is 1. The molecule has 1 fully saturated rings. The van der Waals surface area contributed by atoms with E-state index in [0.29, 0.717) is 11.4 Å². The van der Waals surface area contributed by atoms with E-state index < -0.39 is 17.7 Å². The second kappa shape index (κ2) is 6.10. The number of nitrogens with one attached hydrogen (secondary N) is 1. The van der Waals surface area contributed by atoms with Crippen LogP contribution in [0.4, 0.5) is 0 Å². The van der Waals surface area contributed by atoms with Crippen LogP contribution in [0.3, 0.4) is 0 Å². The third kappa shape index (κ3) is 4.17.